The Balaban J connectivity index is 0.00000196. The number of aromatic nitrogens is 1. The van der Waals surface area contributed by atoms with Crippen LogP contribution in [0.1, 0.15) is 19.4 Å². The number of hydrogen-bond acceptors (Lipinski definition) is 4. The molecule has 0 saturated carbocycles. The zero-order valence-electron chi connectivity index (χ0n) is 7.93. The Kier molecular flexibility index (Phi) is 5.56. The van der Waals surface area contributed by atoms with Crippen molar-refractivity contribution in [2.75, 3.05) is 0 Å². The molecule has 0 radical (unpaired) electrons. The molecule has 3 N–H and O–H groups in total. The number of aliphatic hydroxyl groups is 1. The Morgan fingerprint density at radius 2 is 1.93 bits per heavy atom. The summed E-state index contributed by atoms with van der Waals surface area (Å²) in [7, 11) is -3.76. The van der Waals surface area contributed by atoms with Gasteiger partial charge in [0.15, 0.2) is 5.03 Å². The summed E-state index contributed by atoms with van der Waals surface area (Å²) in [6, 6.07) is 2.75. The van der Waals surface area contributed by atoms with Crippen molar-refractivity contribution in [3.8, 4) is 0 Å². The van der Waals surface area contributed by atoms with Gasteiger partial charge < -0.3 is 5.11 Å². The quantitative estimate of drug-likeness (QED) is 0.685. The summed E-state index contributed by atoms with van der Waals surface area (Å²) in [5.41, 5.74) is -0.505. The van der Waals surface area contributed by atoms with Gasteiger partial charge in [-0.05, 0) is 19.9 Å². The maximum atomic E-state index is 10.8. The standard InChI is InChI=1S/C8H12N2O3S.K.H/c1-8(2,11)6-3-4-7(10-5-6)14(9,12)13;;/h3-5,11H,1-2H3,(H2,9,12,13);;. The molecule has 0 spiro atoms. The van der Waals surface area contributed by atoms with Gasteiger partial charge >= 0.3 is 51.4 Å². The average molecular weight is 256 g/mol. The Morgan fingerprint density at radius 1 is 1.40 bits per heavy atom. The van der Waals surface area contributed by atoms with E-state index >= 15 is 0 Å². The molecular formula is C8H13KN2O3S. The van der Waals surface area contributed by atoms with Crippen molar-refractivity contribution in [2.24, 2.45) is 5.14 Å². The molecule has 15 heavy (non-hydrogen) atoms. The van der Waals surface area contributed by atoms with E-state index in [0.717, 1.165) is 0 Å². The molecule has 0 amide bonds. The van der Waals surface area contributed by atoms with Crippen LogP contribution >= 0.6 is 0 Å². The van der Waals surface area contributed by atoms with Crippen LogP contribution < -0.4 is 5.14 Å². The molecule has 0 fully saturated rings. The van der Waals surface area contributed by atoms with Gasteiger partial charge in [-0.2, -0.15) is 0 Å². The van der Waals surface area contributed by atoms with Crippen molar-refractivity contribution >= 4 is 61.4 Å². The van der Waals surface area contributed by atoms with Crippen LogP contribution in [-0.4, -0.2) is 69.9 Å². The minimum atomic E-state index is -3.76. The van der Waals surface area contributed by atoms with Gasteiger partial charge in [0.25, 0.3) is 10.0 Å². The number of nitrogens with zero attached hydrogens (tertiary/aromatic N) is 1. The van der Waals surface area contributed by atoms with Crippen LogP contribution in [0.5, 0.6) is 0 Å². The van der Waals surface area contributed by atoms with E-state index in [4.69, 9.17) is 5.14 Å². The third-order valence-corrected chi connectivity index (χ3v) is 2.56. The molecule has 0 saturated heterocycles. The van der Waals surface area contributed by atoms with Crippen molar-refractivity contribution in [2.45, 2.75) is 24.5 Å². The fourth-order valence-electron chi connectivity index (χ4n) is 0.910. The van der Waals surface area contributed by atoms with Gasteiger partial charge in [-0.25, -0.2) is 18.5 Å². The van der Waals surface area contributed by atoms with E-state index in [1.165, 1.54) is 18.3 Å². The Labute approximate surface area is 132 Å². The van der Waals surface area contributed by atoms with Crippen LogP contribution in [0.3, 0.4) is 0 Å². The maximum absolute atomic E-state index is 10.8. The number of sulfonamides is 1. The number of nitrogens with two attached hydrogens (primary N) is 1. The summed E-state index contributed by atoms with van der Waals surface area (Å²) in [6.07, 6.45) is 1.29. The van der Waals surface area contributed by atoms with Crippen molar-refractivity contribution < 1.29 is 13.5 Å². The van der Waals surface area contributed by atoms with Crippen LogP contribution in [0.2, 0.25) is 0 Å². The first-order valence-corrected chi connectivity index (χ1v) is 5.47. The summed E-state index contributed by atoms with van der Waals surface area (Å²) >= 11 is 0. The second-order valence-electron chi connectivity index (χ2n) is 3.49. The molecule has 1 heterocycles. The number of rotatable bonds is 2. The Bertz CT molecular complexity index is 422. The van der Waals surface area contributed by atoms with Gasteiger partial charge in [-0.15, -0.1) is 0 Å². The fraction of sp³-hybridized carbons (Fsp3) is 0.375. The third kappa shape index (κ3) is 4.57. The second-order valence-corrected chi connectivity index (χ2v) is 5.00. The molecule has 1 aromatic rings. The number of hydrogen-bond donors (Lipinski definition) is 2. The fourth-order valence-corrected chi connectivity index (χ4v) is 1.37. The van der Waals surface area contributed by atoms with Gasteiger partial charge in [0, 0.05) is 11.8 Å². The average Bonchev–Trinajstić information content (AvgIpc) is 2.01. The van der Waals surface area contributed by atoms with Crippen LogP contribution in [0.15, 0.2) is 23.4 Å². The van der Waals surface area contributed by atoms with Crippen molar-refractivity contribution in [3.63, 3.8) is 0 Å². The monoisotopic (exact) mass is 256 g/mol. The number of primary sulfonamides is 1. The predicted molar refractivity (Wildman–Crippen MR) is 58.0 cm³/mol. The summed E-state index contributed by atoms with van der Waals surface area (Å²) in [6.45, 7) is 3.17. The first-order chi connectivity index (χ1) is 6.21. The molecule has 0 aromatic carbocycles. The molecule has 0 aliphatic heterocycles. The molecule has 0 aliphatic rings. The number of pyridine rings is 1. The van der Waals surface area contributed by atoms with E-state index in [1.807, 2.05) is 0 Å². The molecule has 1 aromatic heterocycles. The van der Waals surface area contributed by atoms with Gasteiger partial charge in [-0.1, -0.05) is 6.07 Å². The van der Waals surface area contributed by atoms with Gasteiger partial charge in [0.05, 0.1) is 5.60 Å². The molecule has 0 unspecified atom stereocenters. The molecule has 0 atom stereocenters. The molecule has 0 bridgehead atoms. The first kappa shape index (κ1) is 15.7. The second kappa shape index (κ2) is 5.32. The van der Waals surface area contributed by atoms with E-state index in [0.29, 0.717) is 5.56 Å². The van der Waals surface area contributed by atoms with Gasteiger partial charge in [0.1, 0.15) is 0 Å². The molecule has 0 aliphatic carbocycles. The van der Waals surface area contributed by atoms with Crippen LogP contribution in [-0.2, 0) is 15.6 Å². The molecule has 5 nitrogen and oxygen atoms in total. The van der Waals surface area contributed by atoms with Crippen molar-refractivity contribution in [3.05, 3.63) is 23.9 Å². The SMILES string of the molecule is CC(C)(O)c1ccc(S(N)(=O)=O)nc1.[KH]. The van der Waals surface area contributed by atoms with E-state index in [9.17, 15) is 13.5 Å². The van der Waals surface area contributed by atoms with Gasteiger partial charge in [-0.3, -0.25) is 0 Å². The van der Waals surface area contributed by atoms with Crippen LogP contribution in [0, 0.1) is 0 Å². The first-order valence-electron chi connectivity index (χ1n) is 3.93. The molecular weight excluding hydrogens is 243 g/mol. The van der Waals surface area contributed by atoms with E-state index in [-0.39, 0.29) is 56.4 Å². The molecule has 80 valence electrons. The van der Waals surface area contributed by atoms with Crippen LogP contribution in [0.4, 0.5) is 0 Å². The summed E-state index contributed by atoms with van der Waals surface area (Å²) in [5, 5.41) is 14.2. The van der Waals surface area contributed by atoms with E-state index in [1.54, 1.807) is 13.8 Å². The van der Waals surface area contributed by atoms with Crippen molar-refractivity contribution in [1.82, 2.24) is 4.98 Å². The van der Waals surface area contributed by atoms with Gasteiger partial charge in [0.2, 0.25) is 0 Å². The molecule has 1 rings (SSSR count). The van der Waals surface area contributed by atoms with Crippen LogP contribution in [0.25, 0.3) is 0 Å². The zero-order valence-corrected chi connectivity index (χ0v) is 8.75. The summed E-state index contributed by atoms with van der Waals surface area (Å²) in [4.78, 5) is 3.64. The summed E-state index contributed by atoms with van der Waals surface area (Å²) < 4.78 is 21.7. The van der Waals surface area contributed by atoms with Crippen molar-refractivity contribution in [1.29, 1.82) is 0 Å². The van der Waals surface area contributed by atoms with E-state index < -0.39 is 15.6 Å². The summed E-state index contributed by atoms with van der Waals surface area (Å²) in [5.74, 6) is 0. The Morgan fingerprint density at radius 3 is 2.20 bits per heavy atom. The van der Waals surface area contributed by atoms with E-state index in [2.05, 4.69) is 4.98 Å². The Hall–Kier alpha value is 0.656. The predicted octanol–water partition coefficient (Wildman–Crippen LogP) is -0.692. The zero-order chi connectivity index (χ0) is 11.0. The normalized spacial score (nSPS) is 12.0. The minimum absolute atomic E-state index is 0. The molecule has 7 heteroatoms. The topological polar surface area (TPSA) is 93.3 Å². The third-order valence-electron chi connectivity index (χ3n) is 1.73.